The first-order chi connectivity index (χ1) is 11.1. The molecule has 4 saturated carbocycles. The molecule has 4 aliphatic rings. The topological polar surface area (TPSA) is 26.3 Å². The summed E-state index contributed by atoms with van der Waals surface area (Å²) in [7, 11) is 0. The second-order valence-electron chi connectivity index (χ2n) is 8.62. The van der Waals surface area contributed by atoms with Gasteiger partial charge in [0.15, 0.2) is 0 Å². The highest BCUT2D eigenvalue weighted by molar-refractivity contribution is 5.72. The van der Waals surface area contributed by atoms with Crippen LogP contribution in [-0.4, -0.2) is 12.6 Å². The number of ether oxygens (including phenoxy) is 1. The van der Waals surface area contributed by atoms with Gasteiger partial charge in [-0.15, -0.1) is 0 Å². The Morgan fingerprint density at radius 3 is 2.22 bits per heavy atom. The summed E-state index contributed by atoms with van der Waals surface area (Å²) in [5.74, 6) is 2.70. The van der Waals surface area contributed by atoms with Gasteiger partial charge in [0.2, 0.25) is 0 Å². The summed E-state index contributed by atoms with van der Waals surface area (Å²) < 4.78 is 5.82. The Labute approximate surface area is 139 Å². The highest BCUT2D eigenvalue weighted by atomic mass is 16.5. The first-order valence-electron chi connectivity index (χ1n) is 9.32. The minimum Gasteiger partial charge on any atom is -0.465 e. The Balaban J connectivity index is 1.33. The molecule has 1 aromatic rings. The van der Waals surface area contributed by atoms with Gasteiger partial charge in [-0.2, -0.15) is 0 Å². The van der Waals surface area contributed by atoms with Crippen LogP contribution < -0.4 is 0 Å². The molecule has 2 nitrogen and oxygen atoms in total. The maximum Gasteiger partial charge on any atom is 0.309 e. The minimum atomic E-state index is -0.0497. The highest BCUT2D eigenvalue weighted by Gasteiger charge is 2.51. The van der Waals surface area contributed by atoms with Crippen molar-refractivity contribution in [3.05, 3.63) is 35.9 Å². The van der Waals surface area contributed by atoms with Crippen molar-refractivity contribution in [1.82, 2.24) is 0 Å². The third kappa shape index (κ3) is 3.18. The second kappa shape index (κ2) is 5.96. The van der Waals surface area contributed by atoms with E-state index in [-0.39, 0.29) is 11.9 Å². The molecule has 0 heterocycles. The molecule has 4 bridgehead atoms. The smallest absolute Gasteiger partial charge is 0.309 e. The molecule has 0 N–H and O–H groups in total. The largest absolute Gasteiger partial charge is 0.465 e. The van der Waals surface area contributed by atoms with E-state index in [4.69, 9.17) is 4.74 Å². The number of rotatable bonds is 5. The van der Waals surface area contributed by atoms with Gasteiger partial charge in [-0.1, -0.05) is 37.3 Å². The van der Waals surface area contributed by atoms with Crippen LogP contribution >= 0.6 is 0 Å². The zero-order valence-electron chi connectivity index (χ0n) is 14.2. The van der Waals surface area contributed by atoms with Gasteiger partial charge < -0.3 is 4.74 Å². The first-order valence-corrected chi connectivity index (χ1v) is 9.32. The lowest BCUT2D eigenvalue weighted by atomic mass is 9.50. The van der Waals surface area contributed by atoms with E-state index in [2.05, 4.69) is 12.1 Å². The Bertz CT molecular complexity index is 527. The maximum absolute atomic E-state index is 12.4. The van der Waals surface area contributed by atoms with Crippen molar-refractivity contribution in [1.29, 1.82) is 0 Å². The van der Waals surface area contributed by atoms with E-state index < -0.39 is 0 Å². The Hall–Kier alpha value is -1.31. The second-order valence-corrected chi connectivity index (χ2v) is 8.62. The van der Waals surface area contributed by atoms with E-state index in [0.29, 0.717) is 12.0 Å². The molecule has 4 aliphatic carbocycles. The molecule has 124 valence electrons. The van der Waals surface area contributed by atoms with Gasteiger partial charge in [0.05, 0.1) is 12.5 Å². The Morgan fingerprint density at radius 1 is 1.09 bits per heavy atom. The van der Waals surface area contributed by atoms with Crippen LogP contribution in [0.2, 0.25) is 0 Å². The van der Waals surface area contributed by atoms with Gasteiger partial charge in [0.1, 0.15) is 0 Å². The number of carbonyl (C=O) groups excluding carboxylic acids is 1. The number of hydrogen-bond donors (Lipinski definition) is 0. The number of hydrogen-bond acceptors (Lipinski definition) is 2. The van der Waals surface area contributed by atoms with Crippen molar-refractivity contribution >= 4 is 5.97 Å². The summed E-state index contributed by atoms with van der Waals surface area (Å²) >= 11 is 0. The summed E-state index contributed by atoms with van der Waals surface area (Å²) in [6.07, 6.45) is 9.02. The molecule has 0 radical (unpaired) electrons. The third-order valence-corrected chi connectivity index (χ3v) is 6.47. The molecule has 1 aromatic carbocycles. The van der Waals surface area contributed by atoms with Crippen molar-refractivity contribution in [3.63, 3.8) is 0 Å². The fraction of sp³-hybridized carbons (Fsp3) is 0.667. The summed E-state index contributed by atoms with van der Waals surface area (Å²) in [6, 6.07) is 10.2. The van der Waals surface area contributed by atoms with E-state index in [1.165, 1.54) is 44.1 Å². The molecule has 0 aromatic heterocycles. The molecule has 5 rings (SSSR count). The number of esters is 1. The zero-order valence-corrected chi connectivity index (χ0v) is 14.2. The van der Waals surface area contributed by atoms with Gasteiger partial charge in [-0.05, 0) is 68.3 Å². The van der Waals surface area contributed by atoms with Crippen LogP contribution in [0.3, 0.4) is 0 Å². The van der Waals surface area contributed by atoms with Crippen molar-refractivity contribution < 1.29 is 9.53 Å². The maximum atomic E-state index is 12.4. The quantitative estimate of drug-likeness (QED) is 0.741. The van der Waals surface area contributed by atoms with Gasteiger partial charge in [0, 0.05) is 5.41 Å². The summed E-state index contributed by atoms with van der Waals surface area (Å²) in [5.41, 5.74) is 1.54. The molecule has 1 atom stereocenters. The SMILES string of the molecule is C[C@@H](Cc1ccccc1)C(=O)OCC12CC3CC(CC(C3)C1)C2. The number of benzene rings is 1. The van der Waals surface area contributed by atoms with Crippen LogP contribution in [0, 0.1) is 29.1 Å². The molecule has 4 fully saturated rings. The lowest BCUT2D eigenvalue weighted by Crippen LogP contribution is -2.48. The number of carbonyl (C=O) groups is 1. The van der Waals surface area contributed by atoms with Gasteiger partial charge in [-0.3, -0.25) is 4.79 Å². The van der Waals surface area contributed by atoms with E-state index in [1.54, 1.807) is 0 Å². The molecule has 0 spiro atoms. The van der Waals surface area contributed by atoms with Gasteiger partial charge >= 0.3 is 5.97 Å². The van der Waals surface area contributed by atoms with Crippen molar-refractivity contribution in [2.45, 2.75) is 51.9 Å². The zero-order chi connectivity index (χ0) is 15.9. The fourth-order valence-corrected chi connectivity index (χ4v) is 5.88. The first kappa shape index (κ1) is 15.2. The summed E-state index contributed by atoms with van der Waals surface area (Å²) in [6.45, 7) is 2.67. The Kier molecular flexibility index (Phi) is 3.95. The predicted molar refractivity (Wildman–Crippen MR) is 90.9 cm³/mol. The standard InChI is InChI=1S/C21H28O2/c1-15(7-16-5-3-2-4-6-16)20(22)23-14-21-11-17-8-18(12-21)10-19(9-17)13-21/h2-6,15,17-19H,7-14H2,1H3/t15-,17?,18?,19?,21?/m0/s1. The minimum absolute atomic E-state index is 0.00963. The fourth-order valence-electron chi connectivity index (χ4n) is 5.88. The summed E-state index contributed by atoms with van der Waals surface area (Å²) in [5, 5.41) is 0. The normalized spacial score (nSPS) is 36.0. The lowest BCUT2D eigenvalue weighted by molar-refractivity contribution is -0.159. The molecular formula is C21H28O2. The molecule has 0 unspecified atom stereocenters. The predicted octanol–water partition coefficient (Wildman–Crippen LogP) is 4.62. The molecule has 0 amide bonds. The molecular weight excluding hydrogens is 284 g/mol. The molecule has 0 aliphatic heterocycles. The van der Waals surface area contributed by atoms with E-state index in [1.807, 2.05) is 25.1 Å². The van der Waals surface area contributed by atoms with E-state index >= 15 is 0 Å². The monoisotopic (exact) mass is 312 g/mol. The van der Waals surface area contributed by atoms with Crippen molar-refractivity contribution in [2.24, 2.45) is 29.1 Å². The molecule has 0 saturated heterocycles. The van der Waals surface area contributed by atoms with Crippen LogP contribution in [0.1, 0.15) is 51.0 Å². The average molecular weight is 312 g/mol. The van der Waals surface area contributed by atoms with Gasteiger partial charge in [-0.25, -0.2) is 0 Å². The van der Waals surface area contributed by atoms with Crippen molar-refractivity contribution in [2.75, 3.05) is 6.61 Å². The average Bonchev–Trinajstić information content (AvgIpc) is 2.52. The molecule has 23 heavy (non-hydrogen) atoms. The van der Waals surface area contributed by atoms with E-state index in [0.717, 1.165) is 24.2 Å². The molecule has 2 heteroatoms. The Morgan fingerprint density at radius 2 is 1.65 bits per heavy atom. The van der Waals surface area contributed by atoms with Crippen LogP contribution in [-0.2, 0) is 16.0 Å². The van der Waals surface area contributed by atoms with E-state index in [9.17, 15) is 4.79 Å². The van der Waals surface area contributed by atoms with Crippen LogP contribution in [0.15, 0.2) is 30.3 Å². The van der Waals surface area contributed by atoms with Crippen LogP contribution in [0.5, 0.6) is 0 Å². The third-order valence-electron chi connectivity index (χ3n) is 6.47. The summed E-state index contributed by atoms with van der Waals surface area (Å²) in [4.78, 5) is 12.4. The van der Waals surface area contributed by atoms with Gasteiger partial charge in [0.25, 0.3) is 0 Å². The van der Waals surface area contributed by atoms with Crippen molar-refractivity contribution in [3.8, 4) is 0 Å². The highest BCUT2D eigenvalue weighted by Crippen LogP contribution is 2.60. The lowest BCUT2D eigenvalue weighted by Gasteiger charge is -2.56. The van der Waals surface area contributed by atoms with Crippen LogP contribution in [0.4, 0.5) is 0 Å². The van der Waals surface area contributed by atoms with Crippen LogP contribution in [0.25, 0.3) is 0 Å².